The molecule has 2 rings (SSSR count). The Morgan fingerprint density at radius 1 is 1.38 bits per heavy atom. The van der Waals surface area contributed by atoms with Crippen molar-refractivity contribution in [3.8, 4) is 0 Å². The number of rotatable bonds is 0. The Balaban J connectivity index is 2.87. The number of hydrogen-bond donors (Lipinski definition) is 0. The normalized spacial score (nSPS) is 10.7. The van der Waals surface area contributed by atoms with Gasteiger partial charge in [-0.05, 0) is 19.1 Å². The number of hydrogen-bond acceptors (Lipinski definition) is 2. The van der Waals surface area contributed by atoms with Crippen molar-refractivity contribution >= 4 is 22.6 Å². The van der Waals surface area contributed by atoms with Crippen molar-refractivity contribution in [1.29, 1.82) is 0 Å². The standard InChI is InChI=1S/C9H6ClFN2/c1-5-6(11)2-3-7-9(5)12-4-8(10)13-7/h2-4H,1H3. The average molecular weight is 197 g/mol. The molecule has 0 spiro atoms. The summed E-state index contributed by atoms with van der Waals surface area (Å²) in [6, 6.07) is 2.93. The highest BCUT2D eigenvalue weighted by Gasteiger charge is 2.05. The van der Waals surface area contributed by atoms with Gasteiger partial charge in [0, 0.05) is 5.56 Å². The molecule has 66 valence electrons. The first-order valence-electron chi connectivity index (χ1n) is 3.76. The van der Waals surface area contributed by atoms with Gasteiger partial charge in [-0.2, -0.15) is 0 Å². The molecule has 13 heavy (non-hydrogen) atoms. The molecule has 2 aromatic rings. The van der Waals surface area contributed by atoms with Gasteiger partial charge in [0.1, 0.15) is 11.0 Å². The summed E-state index contributed by atoms with van der Waals surface area (Å²) in [5.74, 6) is -0.274. The van der Waals surface area contributed by atoms with Gasteiger partial charge in [-0.15, -0.1) is 0 Å². The van der Waals surface area contributed by atoms with Gasteiger partial charge in [0.2, 0.25) is 0 Å². The van der Waals surface area contributed by atoms with Crippen LogP contribution in [0.15, 0.2) is 18.3 Å². The first-order valence-corrected chi connectivity index (χ1v) is 4.13. The first-order chi connectivity index (χ1) is 6.18. The van der Waals surface area contributed by atoms with Gasteiger partial charge in [0.15, 0.2) is 0 Å². The summed E-state index contributed by atoms with van der Waals surface area (Å²) in [6.45, 7) is 1.67. The quantitative estimate of drug-likeness (QED) is 0.648. The summed E-state index contributed by atoms with van der Waals surface area (Å²) in [7, 11) is 0. The molecule has 0 bridgehead atoms. The highest BCUT2D eigenvalue weighted by Crippen LogP contribution is 2.18. The lowest BCUT2D eigenvalue weighted by molar-refractivity contribution is 0.620. The minimum atomic E-state index is -0.274. The first kappa shape index (κ1) is 8.38. The maximum absolute atomic E-state index is 13.0. The maximum atomic E-state index is 13.0. The van der Waals surface area contributed by atoms with Crippen LogP contribution in [0.1, 0.15) is 5.56 Å². The van der Waals surface area contributed by atoms with Crippen LogP contribution < -0.4 is 0 Å². The number of aryl methyl sites for hydroxylation is 1. The summed E-state index contributed by atoms with van der Waals surface area (Å²) in [6.07, 6.45) is 1.41. The fraction of sp³-hybridized carbons (Fsp3) is 0.111. The van der Waals surface area contributed by atoms with Gasteiger partial charge in [-0.1, -0.05) is 11.6 Å². The largest absolute Gasteiger partial charge is 0.251 e. The van der Waals surface area contributed by atoms with Crippen molar-refractivity contribution < 1.29 is 4.39 Å². The molecule has 1 aromatic heterocycles. The van der Waals surface area contributed by atoms with Crippen molar-refractivity contribution in [2.24, 2.45) is 0 Å². The highest BCUT2D eigenvalue weighted by molar-refractivity contribution is 6.29. The van der Waals surface area contributed by atoms with E-state index in [0.29, 0.717) is 21.7 Å². The molecule has 0 unspecified atom stereocenters. The van der Waals surface area contributed by atoms with Crippen LogP contribution >= 0.6 is 11.6 Å². The van der Waals surface area contributed by atoms with E-state index in [1.54, 1.807) is 13.0 Å². The molecule has 1 aromatic carbocycles. The van der Waals surface area contributed by atoms with E-state index < -0.39 is 0 Å². The Hall–Kier alpha value is -1.22. The molecular weight excluding hydrogens is 191 g/mol. The lowest BCUT2D eigenvalue weighted by Crippen LogP contribution is -1.90. The van der Waals surface area contributed by atoms with E-state index in [1.807, 2.05) is 0 Å². The summed E-state index contributed by atoms with van der Waals surface area (Å²) in [5.41, 5.74) is 1.68. The van der Waals surface area contributed by atoms with E-state index in [0.717, 1.165) is 0 Å². The van der Waals surface area contributed by atoms with E-state index in [4.69, 9.17) is 11.6 Å². The van der Waals surface area contributed by atoms with Gasteiger partial charge in [0.25, 0.3) is 0 Å². The lowest BCUT2D eigenvalue weighted by atomic mass is 10.2. The molecule has 0 aliphatic rings. The molecular formula is C9H6ClFN2. The number of halogens is 2. The second kappa shape index (κ2) is 2.92. The summed E-state index contributed by atoms with van der Waals surface area (Å²) < 4.78 is 13.0. The van der Waals surface area contributed by atoms with Crippen LogP contribution in [0.25, 0.3) is 11.0 Å². The van der Waals surface area contributed by atoms with Crippen molar-refractivity contribution in [2.75, 3.05) is 0 Å². The number of fused-ring (bicyclic) bond motifs is 1. The zero-order valence-corrected chi connectivity index (χ0v) is 7.64. The van der Waals surface area contributed by atoms with Gasteiger partial charge < -0.3 is 0 Å². The topological polar surface area (TPSA) is 25.8 Å². The van der Waals surface area contributed by atoms with Crippen LogP contribution in [0.2, 0.25) is 5.15 Å². The Kier molecular flexibility index (Phi) is 1.88. The third-order valence-corrected chi connectivity index (χ3v) is 2.05. The van der Waals surface area contributed by atoms with E-state index in [1.165, 1.54) is 12.3 Å². The third kappa shape index (κ3) is 1.35. The zero-order chi connectivity index (χ0) is 9.42. The van der Waals surface area contributed by atoms with Crippen LogP contribution in [-0.4, -0.2) is 9.97 Å². The van der Waals surface area contributed by atoms with E-state index in [-0.39, 0.29) is 5.82 Å². The van der Waals surface area contributed by atoms with Crippen LogP contribution in [0.3, 0.4) is 0 Å². The van der Waals surface area contributed by atoms with Crippen LogP contribution in [0, 0.1) is 12.7 Å². The molecule has 0 radical (unpaired) electrons. The molecule has 0 atom stereocenters. The predicted molar refractivity (Wildman–Crippen MR) is 49.2 cm³/mol. The minimum Gasteiger partial charge on any atom is -0.251 e. The third-order valence-electron chi connectivity index (χ3n) is 1.87. The monoisotopic (exact) mass is 196 g/mol. The number of aromatic nitrogens is 2. The van der Waals surface area contributed by atoms with Crippen LogP contribution in [0.4, 0.5) is 4.39 Å². The van der Waals surface area contributed by atoms with E-state index >= 15 is 0 Å². The predicted octanol–water partition coefficient (Wildman–Crippen LogP) is 2.73. The van der Waals surface area contributed by atoms with Crippen molar-refractivity contribution in [1.82, 2.24) is 9.97 Å². The molecule has 0 aliphatic carbocycles. The average Bonchev–Trinajstić information content (AvgIpc) is 2.12. The molecule has 0 N–H and O–H groups in total. The molecule has 0 amide bonds. The molecule has 0 saturated heterocycles. The van der Waals surface area contributed by atoms with E-state index in [2.05, 4.69) is 9.97 Å². The summed E-state index contributed by atoms with van der Waals surface area (Å²) >= 11 is 5.64. The maximum Gasteiger partial charge on any atom is 0.148 e. The number of nitrogens with zero attached hydrogens (tertiary/aromatic N) is 2. The zero-order valence-electron chi connectivity index (χ0n) is 6.88. The second-order valence-electron chi connectivity index (χ2n) is 2.73. The second-order valence-corrected chi connectivity index (χ2v) is 3.12. The van der Waals surface area contributed by atoms with E-state index in [9.17, 15) is 4.39 Å². The molecule has 4 heteroatoms. The molecule has 0 aliphatic heterocycles. The van der Waals surface area contributed by atoms with Crippen molar-refractivity contribution in [3.63, 3.8) is 0 Å². The molecule has 0 saturated carbocycles. The molecule has 0 fully saturated rings. The Morgan fingerprint density at radius 3 is 2.92 bits per heavy atom. The summed E-state index contributed by atoms with van der Waals surface area (Å²) in [5, 5.41) is 0.318. The number of benzene rings is 1. The smallest absolute Gasteiger partial charge is 0.148 e. The minimum absolute atomic E-state index is 0.274. The van der Waals surface area contributed by atoms with Crippen molar-refractivity contribution in [2.45, 2.75) is 6.92 Å². The molecule has 1 heterocycles. The van der Waals surface area contributed by atoms with Crippen LogP contribution in [-0.2, 0) is 0 Å². The van der Waals surface area contributed by atoms with Crippen molar-refractivity contribution in [3.05, 3.63) is 34.9 Å². The van der Waals surface area contributed by atoms with Gasteiger partial charge >= 0.3 is 0 Å². The summed E-state index contributed by atoms with van der Waals surface area (Å²) in [4.78, 5) is 8.02. The Labute approximate surface area is 79.4 Å². The highest BCUT2D eigenvalue weighted by atomic mass is 35.5. The Morgan fingerprint density at radius 2 is 2.15 bits per heavy atom. The Bertz CT molecular complexity index is 470. The molecule has 2 nitrogen and oxygen atoms in total. The SMILES string of the molecule is Cc1c(F)ccc2nc(Cl)cnc12. The van der Waals surface area contributed by atoms with Crippen LogP contribution in [0.5, 0.6) is 0 Å². The fourth-order valence-corrected chi connectivity index (χ4v) is 1.32. The van der Waals surface area contributed by atoms with Gasteiger partial charge in [0.05, 0.1) is 17.2 Å². The van der Waals surface area contributed by atoms with Gasteiger partial charge in [-0.3, -0.25) is 4.98 Å². The fourth-order valence-electron chi connectivity index (χ4n) is 1.18. The van der Waals surface area contributed by atoms with Gasteiger partial charge in [-0.25, -0.2) is 9.37 Å². The lowest BCUT2D eigenvalue weighted by Gasteiger charge is -2.01.